The lowest BCUT2D eigenvalue weighted by atomic mass is 9.91. The number of benzene rings is 1. The van der Waals surface area contributed by atoms with Crippen molar-refractivity contribution < 1.29 is 8.42 Å². The van der Waals surface area contributed by atoms with Crippen LogP contribution in [0, 0.1) is 6.92 Å². The van der Waals surface area contributed by atoms with Crippen molar-refractivity contribution in [3.05, 3.63) is 54.4 Å². The fourth-order valence-corrected chi connectivity index (χ4v) is 5.61. The van der Waals surface area contributed by atoms with Gasteiger partial charge in [0.25, 0.3) is 0 Å². The molecular weight excluding hydrogens is 400 g/mol. The summed E-state index contributed by atoms with van der Waals surface area (Å²) in [5.74, 6) is 1.46. The SMILES string of the molecule is Cc1nncn1[C@@H]1CCC[C@H](NS(=O)(=O)c2ccc(-n3ccc(C4CC4)n3)cc2)C1. The fourth-order valence-electron chi connectivity index (χ4n) is 4.33. The van der Waals surface area contributed by atoms with Crippen LogP contribution in [-0.4, -0.2) is 39.0 Å². The maximum atomic E-state index is 12.9. The van der Waals surface area contributed by atoms with Gasteiger partial charge in [-0.05, 0) is 75.8 Å². The van der Waals surface area contributed by atoms with Crippen molar-refractivity contribution in [3.63, 3.8) is 0 Å². The van der Waals surface area contributed by atoms with Crippen molar-refractivity contribution >= 4 is 10.0 Å². The van der Waals surface area contributed by atoms with Crippen molar-refractivity contribution in [2.75, 3.05) is 0 Å². The van der Waals surface area contributed by atoms with Gasteiger partial charge in [0.15, 0.2) is 0 Å². The van der Waals surface area contributed by atoms with Crippen molar-refractivity contribution in [2.45, 2.75) is 68.3 Å². The second-order valence-corrected chi connectivity index (χ2v) is 10.1. The molecule has 1 N–H and O–H groups in total. The molecule has 0 bridgehead atoms. The molecular formula is C21H26N6O2S. The van der Waals surface area contributed by atoms with E-state index in [1.54, 1.807) is 18.5 Å². The van der Waals surface area contributed by atoms with E-state index in [-0.39, 0.29) is 17.0 Å². The van der Waals surface area contributed by atoms with E-state index in [0.717, 1.165) is 42.9 Å². The molecule has 0 spiro atoms. The highest BCUT2D eigenvalue weighted by molar-refractivity contribution is 7.89. The number of rotatable bonds is 6. The summed E-state index contributed by atoms with van der Waals surface area (Å²) in [5.41, 5.74) is 1.98. The summed E-state index contributed by atoms with van der Waals surface area (Å²) < 4.78 is 32.7. The minimum atomic E-state index is -3.58. The van der Waals surface area contributed by atoms with E-state index in [0.29, 0.717) is 5.92 Å². The molecule has 1 aromatic carbocycles. The average molecular weight is 427 g/mol. The lowest BCUT2D eigenvalue weighted by molar-refractivity contribution is 0.302. The molecule has 3 aromatic rings. The third-order valence-corrected chi connectivity index (χ3v) is 7.67. The van der Waals surface area contributed by atoms with Crippen molar-refractivity contribution in [3.8, 4) is 5.69 Å². The van der Waals surface area contributed by atoms with Crippen LogP contribution in [0.15, 0.2) is 47.8 Å². The van der Waals surface area contributed by atoms with E-state index >= 15 is 0 Å². The monoisotopic (exact) mass is 426 g/mol. The summed E-state index contributed by atoms with van der Waals surface area (Å²) in [6, 6.07) is 9.10. The molecule has 158 valence electrons. The topological polar surface area (TPSA) is 94.7 Å². The summed E-state index contributed by atoms with van der Waals surface area (Å²) in [7, 11) is -3.58. The molecule has 9 heteroatoms. The van der Waals surface area contributed by atoms with E-state index in [1.165, 1.54) is 12.8 Å². The number of aromatic nitrogens is 5. The highest BCUT2D eigenvalue weighted by atomic mass is 32.2. The van der Waals surface area contributed by atoms with Gasteiger partial charge in [0, 0.05) is 24.2 Å². The Labute approximate surface area is 176 Å². The van der Waals surface area contributed by atoms with Crippen LogP contribution >= 0.6 is 0 Å². The molecule has 0 aliphatic heterocycles. The molecule has 2 atom stereocenters. The Morgan fingerprint density at radius 1 is 1.07 bits per heavy atom. The molecule has 0 amide bonds. The number of sulfonamides is 1. The normalized spacial score (nSPS) is 22.3. The van der Waals surface area contributed by atoms with Gasteiger partial charge < -0.3 is 4.57 Å². The van der Waals surface area contributed by atoms with Crippen LogP contribution < -0.4 is 4.72 Å². The van der Waals surface area contributed by atoms with Gasteiger partial charge in [-0.1, -0.05) is 0 Å². The predicted octanol–water partition coefficient (Wildman–Crippen LogP) is 3.11. The summed E-state index contributed by atoms with van der Waals surface area (Å²) in [6.45, 7) is 1.93. The van der Waals surface area contributed by atoms with Gasteiger partial charge in [-0.2, -0.15) is 5.10 Å². The number of nitrogens with one attached hydrogen (secondary N) is 1. The van der Waals surface area contributed by atoms with Crippen LogP contribution in [0.5, 0.6) is 0 Å². The van der Waals surface area contributed by atoms with Gasteiger partial charge in [0.2, 0.25) is 10.0 Å². The Kier molecular flexibility index (Phi) is 4.94. The number of hydrogen-bond acceptors (Lipinski definition) is 5. The van der Waals surface area contributed by atoms with Gasteiger partial charge >= 0.3 is 0 Å². The largest absolute Gasteiger partial charge is 0.315 e. The summed E-state index contributed by atoms with van der Waals surface area (Å²) >= 11 is 0. The van der Waals surface area contributed by atoms with Gasteiger partial charge in [-0.3, -0.25) is 0 Å². The fraction of sp³-hybridized carbons (Fsp3) is 0.476. The van der Waals surface area contributed by atoms with Crippen LogP contribution in [-0.2, 0) is 10.0 Å². The molecule has 2 heterocycles. The van der Waals surface area contributed by atoms with Crippen LogP contribution in [0.4, 0.5) is 0 Å². The molecule has 2 aliphatic carbocycles. The van der Waals surface area contributed by atoms with Gasteiger partial charge in [-0.15, -0.1) is 10.2 Å². The minimum Gasteiger partial charge on any atom is -0.315 e. The van der Waals surface area contributed by atoms with E-state index < -0.39 is 10.0 Å². The molecule has 5 rings (SSSR count). The second-order valence-electron chi connectivity index (χ2n) is 8.38. The van der Waals surface area contributed by atoms with Gasteiger partial charge in [0.1, 0.15) is 12.2 Å². The molecule has 2 aromatic heterocycles. The zero-order valence-electron chi connectivity index (χ0n) is 17.0. The lowest BCUT2D eigenvalue weighted by Crippen LogP contribution is -2.38. The average Bonchev–Trinajstić information content (AvgIpc) is 3.30. The first-order valence-electron chi connectivity index (χ1n) is 10.5. The highest BCUT2D eigenvalue weighted by Gasteiger charge is 2.28. The van der Waals surface area contributed by atoms with Crippen LogP contribution in [0.25, 0.3) is 5.69 Å². The Balaban J connectivity index is 1.28. The minimum absolute atomic E-state index is 0.0950. The van der Waals surface area contributed by atoms with E-state index in [2.05, 4.69) is 24.6 Å². The summed E-state index contributed by atoms with van der Waals surface area (Å²) in [5, 5.41) is 12.6. The molecule has 0 unspecified atom stereocenters. The predicted molar refractivity (Wildman–Crippen MR) is 112 cm³/mol. The van der Waals surface area contributed by atoms with Crippen LogP contribution in [0.2, 0.25) is 0 Å². The standard InChI is InChI=1S/C21H26N6O2S/c1-15-23-22-14-26(15)19-4-2-3-17(13-19)25-30(28,29)20-9-7-18(8-10-20)27-12-11-21(24-27)16-5-6-16/h7-12,14,16-17,19,25H,2-6,13H2,1H3/t17-,19+/m0/s1. The zero-order valence-corrected chi connectivity index (χ0v) is 17.8. The second kappa shape index (κ2) is 7.63. The van der Waals surface area contributed by atoms with Crippen molar-refractivity contribution in [1.82, 2.24) is 29.3 Å². The first kappa shape index (κ1) is 19.4. The third-order valence-electron chi connectivity index (χ3n) is 6.13. The molecule has 0 radical (unpaired) electrons. The number of nitrogens with zero attached hydrogens (tertiary/aromatic N) is 5. The molecule has 0 saturated heterocycles. The van der Waals surface area contributed by atoms with Gasteiger partial charge in [-0.25, -0.2) is 17.8 Å². The molecule has 2 fully saturated rings. The molecule has 2 aliphatic rings. The van der Waals surface area contributed by atoms with E-state index in [4.69, 9.17) is 0 Å². The van der Waals surface area contributed by atoms with Crippen LogP contribution in [0.3, 0.4) is 0 Å². The first-order valence-corrected chi connectivity index (χ1v) is 12.0. The smallest absolute Gasteiger partial charge is 0.240 e. The highest BCUT2D eigenvalue weighted by Crippen LogP contribution is 2.39. The Bertz CT molecular complexity index is 1130. The van der Waals surface area contributed by atoms with Gasteiger partial charge in [0.05, 0.1) is 16.3 Å². The molecule has 30 heavy (non-hydrogen) atoms. The Hall–Kier alpha value is -2.52. The summed E-state index contributed by atoms with van der Waals surface area (Å²) in [6.07, 6.45) is 9.65. The van der Waals surface area contributed by atoms with Crippen molar-refractivity contribution in [1.29, 1.82) is 0 Å². The van der Waals surface area contributed by atoms with E-state index in [9.17, 15) is 8.42 Å². The maximum absolute atomic E-state index is 12.9. The van der Waals surface area contributed by atoms with Crippen LogP contribution in [0.1, 0.15) is 62.0 Å². The van der Waals surface area contributed by atoms with Crippen molar-refractivity contribution in [2.24, 2.45) is 0 Å². The molecule has 2 saturated carbocycles. The maximum Gasteiger partial charge on any atom is 0.240 e. The zero-order chi connectivity index (χ0) is 20.7. The van der Waals surface area contributed by atoms with E-state index in [1.807, 2.05) is 36.0 Å². The number of aryl methyl sites for hydroxylation is 1. The summed E-state index contributed by atoms with van der Waals surface area (Å²) in [4.78, 5) is 0.281. The first-order chi connectivity index (χ1) is 14.5. The molecule has 8 nitrogen and oxygen atoms in total. The lowest BCUT2D eigenvalue weighted by Gasteiger charge is -2.30. The Morgan fingerprint density at radius 2 is 1.87 bits per heavy atom. The third kappa shape index (κ3) is 3.91. The Morgan fingerprint density at radius 3 is 2.57 bits per heavy atom. The number of hydrogen-bond donors (Lipinski definition) is 1. The quantitative estimate of drug-likeness (QED) is 0.653.